The Kier molecular flexibility index (Phi) is 8.59. The molecule has 0 radical (unpaired) electrons. The number of nitrogens with one attached hydrogen (secondary N) is 2. The molecule has 5 nitrogen and oxygen atoms in total. The fourth-order valence-corrected chi connectivity index (χ4v) is 1.64. The molecule has 6 heteroatoms. The van der Waals surface area contributed by atoms with Crippen LogP contribution in [0.2, 0.25) is 0 Å². The lowest BCUT2D eigenvalue weighted by atomic mass is 10.1. The first-order chi connectivity index (χ1) is 9.08. The van der Waals surface area contributed by atoms with Gasteiger partial charge in [-0.25, -0.2) is 0 Å². The highest BCUT2D eigenvalue weighted by Crippen LogP contribution is 2.10. The number of rotatable bonds is 6. The smallest absolute Gasteiger partial charge is 0.251 e. The Morgan fingerprint density at radius 3 is 2.30 bits per heavy atom. The number of carbonyl (C=O) groups is 2. The van der Waals surface area contributed by atoms with E-state index in [4.69, 9.17) is 5.73 Å². The maximum absolute atomic E-state index is 11.7. The summed E-state index contributed by atoms with van der Waals surface area (Å²) in [5.74, 6) is -0.323. The van der Waals surface area contributed by atoms with Crippen LogP contribution in [0.1, 0.15) is 37.0 Å². The lowest BCUT2D eigenvalue weighted by Gasteiger charge is -2.11. The average molecular weight is 300 g/mol. The zero-order chi connectivity index (χ0) is 14.3. The normalized spacial score (nSPS) is 11.2. The third-order valence-electron chi connectivity index (χ3n) is 2.69. The van der Waals surface area contributed by atoms with E-state index in [1.54, 1.807) is 24.3 Å². The molecule has 0 saturated heterocycles. The number of nitrogens with two attached hydrogens (primary N) is 1. The number of hydrogen-bond donors (Lipinski definition) is 3. The third-order valence-corrected chi connectivity index (χ3v) is 2.69. The monoisotopic (exact) mass is 299 g/mol. The van der Waals surface area contributed by atoms with Crippen molar-refractivity contribution in [1.29, 1.82) is 0 Å². The molecule has 0 aliphatic rings. The second kappa shape index (κ2) is 9.34. The first kappa shape index (κ1) is 18.4. The van der Waals surface area contributed by atoms with E-state index in [1.807, 2.05) is 13.8 Å². The van der Waals surface area contributed by atoms with Crippen LogP contribution in [0.4, 0.5) is 5.69 Å². The quantitative estimate of drug-likeness (QED) is 0.750. The summed E-state index contributed by atoms with van der Waals surface area (Å²) in [7, 11) is 0. The SMILES string of the molecule is CCCC(N)C(=O)Nc1ccc(C(=O)NCC)cc1.Cl. The van der Waals surface area contributed by atoms with E-state index in [1.165, 1.54) is 0 Å². The second-order valence-corrected chi connectivity index (χ2v) is 4.32. The molecule has 0 aliphatic carbocycles. The van der Waals surface area contributed by atoms with Crippen LogP contribution in [0.3, 0.4) is 0 Å². The third kappa shape index (κ3) is 5.59. The molecule has 1 atom stereocenters. The largest absolute Gasteiger partial charge is 0.352 e. The Hall–Kier alpha value is -1.59. The van der Waals surface area contributed by atoms with Gasteiger partial charge < -0.3 is 16.4 Å². The molecule has 0 aliphatic heterocycles. The number of amides is 2. The molecule has 112 valence electrons. The van der Waals surface area contributed by atoms with Crippen molar-refractivity contribution in [2.75, 3.05) is 11.9 Å². The van der Waals surface area contributed by atoms with Gasteiger partial charge in [0.15, 0.2) is 0 Å². The number of halogens is 1. The van der Waals surface area contributed by atoms with E-state index in [0.29, 0.717) is 24.2 Å². The second-order valence-electron chi connectivity index (χ2n) is 4.32. The van der Waals surface area contributed by atoms with Crippen LogP contribution in [0.15, 0.2) is 24.3 Å². The van der Waals surface area contributed by atoms with Crippen LogP contribution in [-0.2, 0) is 4.79 Å². The van der Waals surface area contributed by atoms with Gasteiger partial charge in [-0.15, -0.1) is 12.4 Å². The highest BCUT2D eigenvalue weighted by atomic mass is 35.5. The topological polar surface area (TPSA) is 84.2 Å². The van der Waals surface area contributed by atoms with Gasteiger partial charge in [-0.2, -0.15) is 0 Å². The number of hydrogen-bond acceptors (Lipinski definition) is 3. The Bertz CT molecular complexity index is 435. The minimum Gasteiger partial charge on any atom is -0.352 e. The predicted octanol–water partition coefficient (Wildman–Crippen LogP) is 1.92. The van der Waals surface area contributed by atoms with Crippen molar-refractivity contribution in [2.45, 2.75) is 32.7 Å². The van der Waals surface area contributed by atoms with E-state index in [0.717, 1.165) is 6.42 Å². The van der Waals surface area contributed by atoms with Gasteiger partial charge >= 0.3 is 0 Å². The van der Waals surface area contributed by atoms with Gasteiger partial charge in [0, 0.05) is 17.8 Å². The fraction of sp³-hybridized carbons (Fsp3) is 0.429. The Morgan fingerprint density at radius 1 is 1.20 bits per heavy atom. The van der Waals surface area contributed by atoms with Gasteiger partial charge in [0.1, 0.15) is 0 Å². The van der Waals surface area contributed by atoms with Gasteiger partial charge in [0.25, 0.3) is 5.91 Å². The molecule has 1 aromatic rings. The molecule has 0 fully saturated rings. The summed E-state index contributed by atoms with van der Waals surface area (Å²) in [6.07, 6.45) is 1.52. The molecule has 0 bridgehead atoms. The van der Waals surface area contributed by atoms with Crippen molar-refractivity contribution in [3.8, 4) is 0 Å². The number of benzene rings is 1. The zero-order valence-electron chi connectivity index (χ0n) is 11.8. The van der Waals surface area contributed by atoms with Crippen molar-refractivity contribution in [3.05, 3.63) is 29.8 Å². The van der Waals surface area contributed by atoms with Crippen molar-refractivity contribution >= 4 is 29.9 Å². The first-order valence-corrected chi connectivity index (χ1v) is 6.53. The number of carbonyl (C=O) groups excluding carboxylic acids is 2. The molecule has 4 N–H and O–H groups in total. The summed E-state index contributed by atoms with van der Waals surface area (Å²) in [5, 5.41) is 5.44. The van der Waals surface area contributed by atoms with E-state index in [-0.39, 0.29) is 24.2 Å². The highest BCUT2D eigenvalue weighted by Gasteiger charge is 2.12. The minimum atomic E-state index is -0.493. The molecular formula is C14H22ClN3O2. The summed E-state index contributed by atoms with van der Waals surface area (Å²) in [6, 6.07) is 6.24. The molecule has 0 heterocycles. The maximum Gasteiger partial charge on any atom is 0.251 e. The summed E-state index contributed by atoms with van der Waals surface area (Å²) >= 11 is 0. The summed E-state index contributed by atoms with van der Waals surface area (Å²) in [6.45, 7) is 4.43. The molecule has 1 unspecified atom stereocenters. The van der Waals surface area contributed by atoms with Crippen molar-refractivity contribution in [3.63, 3.8) is 0 Å². The summed E-state index contributed by atoms with van der Waals surface area (Å²) in [4.78, 5) is 23.3. The molecule has 20 heavy (non-hydrogen) atoms. The lowest BCUT2D eigenvalue weighted by molar-refractivity contribution is -0.117. The van der Waals surface area contributed by atoms with Crippen molar-refractivity contribution in [1.82, 2.24) is 5.32 Å². The van der Waals surface area contributed by atoms with Crippen molar-refractivity contribution < 1.29 is 9.59 Å². The number of anilines is 1. The predicted molar refractivity (Wildman–Crippen MR) is 83.2 cm³/mol. The molecule has 0 saturated carbocycles. The van der Waals surface area contributed by atoms with Gasteiger partial charge in [0.05, 0.1) is 6.04 Å². The Labute approximate surface area is 125 Å². The van der Waals surface area contributed by atoms with Crippen LogP contribution >= 0.6 is 12.4 Å². The van der Waals surface area contributed by atoms with Gasteiger partial charge in [-0.1, -0.05) is 13.3 Å². The van der Waals surface area contributed by atoms with Crippen LogP contribution in [0, 0.1) is 0 Å². The maximum atomic E-state index is 11.7. The molecule has 0 aromatic heterocycles. The fourth-order valence-electron chi connectivity index (χ4n) is 1.64. The Morgan fingerprint density at radius 2 is 1.80 bits per heavy atom. The first-order valence-electron chi connectivity index (χ1n) is 6.53. The van der Waals surface area contributed by atoms with Gasteiger partial charge in [-0.05, 0) is 37.6 Å². The molecule has 1 rings (SSSR count). The van der Waals surface area contributed by atoms with E-state index < -0.39 is 6.04 Å². The van der Waals surface area contributed by atoms with Crippen LogP contribution < -0.4 is 16.4 Å². The van der Waals surface area contributed by atoms with Crippen LogP contribution in [0.5, 0.6) is 0 Å². The molecular weight excluding hydrogens is 278 g/mol. The minimum absolute atomic E-state index is 0. The zero-order valence-corrected chi connectivity index (χ0v) is 12.6. The van der Waals surface area contributed by atoms with E-state index >= 15 is 0 Å². The summed E-state index contributed by atoms with van der Waals surface area (Å²) < 4.78 is 0. The lowest BCUT2D eigenvalue weighted by Crippen LogP contribution is -2.35. The highest BCUT2D eigenvalue weighted by molar-refractivity contribution is 5.97. The van der Waals surface area contributed by atoms with Crippen molar-refractivity contribution in [2.24, 2.45) is 5.73 Å². The molecule has 1 aromatic carbocycles. The van der Waals surface area contributed by atoms with Gasteiger partial charge in [-0.3, -0.25) is 9.59 Å². The van der Waals surface area contributed by atoms with E-state index in [9.17, 15) is 9.59 Å². The van der Waals surface area contributed by atoms with E-state index in [2.05, 4.69) is 10.6 Å². The Balaban J connectivity index is 0.00000361. The molecule has 2 amide bonds. The molecule has 0 spiro atoms. The standard InChI is InChI=1S/C14H21N3O2.ClH/c1-3-5-12(15)14(19)17-11-8-6-10(7-9-11)13(18)16-4-2;/h6-9,12H,3-5,15H2,1-2H3,(H,16,18)(H,17,19);1H. The van der Waals surface area contributed by atoms with Crippen LogP contribution in [0.25, 0.3) is 0 Å². The van der Waals surface area contributed by atoms with Gasteiger partial charge in [0.2, 0.25) is 5.91 Å². The average Bonchev–Trinajstić information content (AvgIpc) is 2.40. The summed E-state index contributed by atoms with van der Waals surface area (Å²) in [5.41, 5.74) is 6.93. The van der Waals surface area contributed by atoms with Crippen LogP contribution in [-0.4, -0.2) is 24.4 Å².